The Labute approximate surface area is 102 Å². The van der Waals surface area contributed by atoms with E-state index >= 15 is 0 Å². The van der Waals surface area contributed by atoms with Crippen LogP contribution in [-0.4, -0.2) is 37.6 Å². The highest BCUT2D eigenvalue weighted by Gasteiger charge is 2.24. The summed E-state index contributed by atoms with van der Waals surface area (Å²) in [5.41, 5.74) is 0. The molecule has 0 heterocycles. The molecule has 0 spiro atoms. The van der Waals surface area contributed by atoms with Gasteiger partial charge >= 0.3 is 0 Å². The Hall–Kier alpha value is -0.0800. The van der Waals surface area contributed by atoms with Crippen molar-refractivity contribution in [3.63, 3.8) is 0 Å². The second kappa shape index (κ2) is 8.08. The van der Waals surface area contributed by atoms with E-state index in [2.05, 4.69) is 31.1 Å². The van der Waals surface area contributed by atoms with E-state index in [1.54, 1.807) is 0 Å². The van der Waals surface area contributed by atoms with Gasteiger partial charge in [0.1, 0.15) is 0 Å². The zero-order valence-corrected chi connectivity index (χ0v) is 11.5. The Kier molecular flexibility index (Phi) is 7.06. The predicted octanol–water partition coefficient (Wildman–Crippen LogP) is 2.89. The minimum Gasteiger partial charge on any atom is -0.317 e. The molecule has 2 atom stereocenters. The van der Waals surface area contributed by atoms with Gasteiger partial charge in [-0.25, -0.2) is 0 Å². The lowest BCUT2D eigenvalue weighted by Crippen LogP contribution is -2.40. The fraction of sp³-hybridized carbons (Fsp3) is 1.00. The number of rotatable bonds is 7. The van der Waals surface area contributed by atoms with E-state index in [0.29, 0.717) is 0 Å². The van der Waals surface area contributed by atoms with Gasteiger partial charge in [-0.2, -0.15) is 0 Å². The monoisotopic (exact) mass is 226 g/mol. The number of nitrogens with zero attached hydrogens (tertiary/aromatic N) is 1. The van der Waals surface area contributed by atoms with Crippen LogP contribution < -0.4 is 5.32 Å². The fourth-order valence-corrected chi connectivity index (χ4v) is 2.87. The van der Waals surface area contributed by atoms with Gasteiger partial charge in [0, 0.05) is 6.04 Å². The molecule has 0 bridgehead atoms. The van der Waals surface area contributed by atoms with Crippen molar-refractivity contribution in [3.8, 4) is 0 Å². The topological polar surface area (TPSA) is 15.3 Å². The van der Waals surface area contributed by atoms with Gasteiger partial charge in [0.15, 0.2) is 0 Å². The molecule has 1 aliphatic rings. The van der Waals surface area contributed by atoms with Crippen LogP contribution in [0.25, 0.3) is 0 Å². The molecule has 0 aromatic heterocycles. The van der Waals surface area contributed by atoms with Gasteiger partial charge in [-0.15, -0.1) is 0 Å². The molecule has 2 nitrogen and oxygen atoms in total. The summed E-state index contributed by atoms with van der Waals surface area (Å²) < 4.78 is 0. The summed E-state index contributed by atoms with van der Waals surface area (Å²) in [4.78, 5) is 2.59. The van der Waals surface area contributed by atoms with E-state index in [0.717, 1.165) is 12.0 Å². The Bertz CT molecular complexity index is 170. The second-order valence-corrected chi connectivity index (χ2v) is 5.41. The molecule has 1 N–H and O–H groups in total. The van der Waals surface area contributed by atoms with E-state index in [-0.39, 0.29) is 0 Å². The maximum atomic E-state index is 3.48. The van der Waals surface area contributed by atoms with E-state index in [1.165, 1.54) is 58.2 Å². The quantitative estimate of drug-likeness (QED) is 0.672. The van der Waals surface area contributed by atoms with Crippen molar-refractivity contribution >= 4 is 0 Å². The molecule has 2 unspecified atom stereocenters. The fourth-order valence-electron chi connectivity index (χ4n) is 2.87. The SMILES string of the molecule is CCCNCCCN(C)C1CCCCC1C. The summed E-state index contributed by atoms with van der Waals surface area (Å²) in [6, 6.07) is 0.847. The van der Waals surface area contributed by atoms with Gasteiger partial charge in [0.2, 0.25) is 0 Å². The van der Waals surface area contributed by atoms with Gasteiger partial charge in [-0.1, -0.05) is 26.7 Å². The van der Waals surface area contributed by atoms with Gasteiger partial charge in [0.25, 0.3) is 0 Å². The third-order valence-corrected chi connectivity index (χ3v) is 3.92. The molecular formula is C14H30N2. The normalized spacial score (nSPS) is 26.2. The van der Waals surface area contributed by atoms with E-state index in [1.807, 2.05) is 0 Å². The molecule has 1 saturated carbocycles. The molecule has 0 saturated heterocycles. The smallest absolute Gasteiger partial charge is 0.0118 e. The van der Waals surface area contributed by atoms with Crippen molar-refractivity contribution < 1.29 is 0 Å². The average Bonchev–Trinajstić information content (AvgIpc) is 2.29. The first-order valence-corrected chi connectivity index (χ1v) is 7.16. The van der Waals surface area contributed by atoms with E-state index < -0.39 is 0 Å². The highest BCUT2D eigenvalue weighted by atomic mass is 15.1. The molecule has 1 rings (SSSR count). The molecule has 0 amide bonds. The van der Waals surface area contributed by atoms with Gasteiger partial charge in [-0.3, -0.25) is 0 Å². The first-order valence-electron chi connectivity index (χ1n) is 7.16. The summed E-state index contributed by atoms with van der Waals surface area (Å²) in [5.74, 6) is 0.905. The summed E-state index contributed by atoms with van der Waals surface area (Å²) in [6.07, 6.45) is 8.27. The van der Waals surface area contributed by atoms with Crippen molar-refractivity contribution in [2.75, 3.05) is 26.7 Å². The number of hydrogen-bond donors (Lipinski definition) is 1. The Morgan fingerprint density at radius 1 is 1.19 bits per heavy atom. The second-order valence-electron chi connectivity index (χ2n) is 5.41. The van der Waals surface area contributed by atoms with Crippen molar-refractivity contribution in [2.24, 2.45) is 5.92 Å². The molecule has 16 heavy (non-hydrogen) atoms. The molecule has 2 heteroatoms. The van der Waals surface area contributed by atoms with Crippen LogP contribution in [0, 0.1) is 5.92 Å². The lowest BCUT2D eigenvalue weighted by molar-refractivity contribution is 0.138. The van der Waals surface area contributed by atoms with E-state index in [9.17, 15) is 0 Å². The summed E-state index contributed by atoms with van der Waals surface area (Å²) in [5, 5.41) is 3.48. The lowest BCUT2D eigenvalue weighted by Gasteiger charge is -2.36. The van der Waals surface area contributed by atoms with Crippen molar-refractivity contribution in [1.29, 1.82) is 0 Å². The highest BCUT2D eigenvalue weighted by Crippen LogP contribution is 2.27. The van der Waals surface area contributed by atoms with E-state index in [4.69, 9.17) is 0 Å². The maximum absolute atomic E-state index is 3.48. The lowest BCUT2D eigenvalue weighted by atomic mass is 9.85. The Balaban J connectivity index is 2.10. The van der Waals surface area contributed by atoms with Crippen LogP contribution in [0.1, 0.15) is 52.4 Å². The summed E-state index contributed by atoms with van der Waals surface area (Å²) in [6.45, 7) is 8.26. The van der Waals surface area contributed by atoms with Crippen molar-refractivity contribution in [1.82, 2.24) is 10.2 Å². The molecule has 0 aromatic carbocycles. The molecule has 1 aliphatic carbocycles. The third-order valence-electron chi connectivity index (χ3n) is 3.92. The molecule has 1 fully saturated rings. The molecule has 96 valence electrons. The largest absolute Gasteiger partial charge is 0.317 e. The molecule has 0 aromatic rings. The molecule has 0 radical (unpaired) electrons. The van der Waals surface area contributed by atoms with Gasteiger partial charge < -0.3 is 10.2 Å². The molecule has 0 aliphatic heterocycles. The third kappa shape index (κ3) is 4.84. The van der Waals surface area contributed by atoms with Crippen molar-refractivity contribution in [2.45, 2.75) is 58.4 Å². The molecular weight excluding hydrogens is 196 g/mol. The van der Waals surface area contributed by atoms with Crippen LogP contribution >= 0.6 is 0 Å². The van der Waals surface area contributed by atoms with Crippen LogP contribution in [0.3, 0.4) is 0 Å². The van der Waals surface area contributed by atoms with Crippen LogP contribution in [0.4, 0.5) is 0 Å². The summed E-state index contributed by atoms with van der Waals surface area (Å²) in [7, 11) is 2.31. The maximum Gasteiger partial charge on any atom is 0.0118 e. The minimum absolute atomic E-state index is 0.847. The van der Waals surface area contributed by atoms with Crippen LogP contribution in [0.5, 0.6) is 0 Å². The summed E-state index contributed by atoms with van der Waals surface area (Å²) >= 11 is 0. The Morgan fingerprint density at radius 2 is 1.94 bits per heavy atom. The predicted molar refractivity (Wildman–Crippen MR) is 71.8 cm³/mol. The minimum atomic E-state index is 0.847. The number of hydrogen-bond acceptors (Lipinski definition) is 2. The average molecular weight is 226 g/mol. The highest BCUT2D eigenvalue weighted by molar-refractivity contribution is 4.79. The van der Waals surface area contributed by atoms with Crippen LogP contribution in [0.2, 0.25) is 0 Å². The van der Waals surface area contributed by atoms with Crippen molar-refractivity contribution in [3.05, 3.63) is 0 Å². The zero-order valence-electron chi connectivity index (χ0n) is 11.5. The first kappa shape index (κ1) is 14.0. The van der Waals surface area contributed by atoms with Crippen LogP contribution in [-0.2, 0) is 0 Å². The zero-order chi connectivity index (χ0) is 11.8. The Morgan fingerprint density at radius 3 is 2.62 bits per heavy atom. The van der Waals surface area contributed by atoms with Crippen LogP contribution in [0.15, 0.2) is 0 Å². The van der Waals surface area contributed by atoms with Gasteiger partial charge in [-0.05, 0) is 58.3 Å². The van der Waals surface area contributed by atoms with Gasteiger partial charge in [0.05, 0.1) is 0 Å². The standard InChI is InChI=1S/C14H30N2/c1-4-10-15-11-7-12-16(3)14-9-6-5-8-13(14)2/h13-15H,4-12H2,1-3H3. The first-order chi connectivity index (χ1) is 7.75. The number of nitrogens with one attached hydrogen (secondary N) is 1.